The first-order valence-corrected chi connectivity index (χ1v) is 9.93. The maximum absolute atomic E-state index is 12.5. The van der Waals surface area contributed by atoms with Crippen molar-refractivity contribution < 1.29 is 4.79 Å². The maximum Gasteiger partial charge on any atom is 0.224 e. The summed E-state index contributed by atoms with van der Waals surface area (Å²) in [5, 5.41) is 10.7. The second-order valence-electron chi connectivity index (χ2n) is 7.32. The van der Waals surface area contributed by atoms with Crippen LogP contribution in [-0.4, -0.2) is 28.8 Å². The summed E-state index contributed by atoms with van der Waals surface area (Å²) in [6, 6.07) is 18.8. The van der Waals surface area contributed by atoms with Gasteiger partial charge >= 0.3 is 0 Å². The number of amides is 1. The summed E-state index contributed by atoms with van der Waals surface area (Å²) in [6.45, 7) is 3.12. The number of piperidine rings is 1. The largest absolute Gasteiger partial charge is 0.352 e. The molecule has 3 aromatic rings. The van der Waals surface area contributed by atoms with Gasteiger partial charge in [0.1, 0.15) is 0 Å². The number of carbonyl (C=O) groups excluding carboxylic acids is 1. The van der Waals surface area contributed by atoms with Crippen molar-refractivity contribution in [3.63, 3.8) is 0 Å². The van der Waals surface area contributed by atoms with Crippen molar-refractivity contribution >= 4 is 5.91 Å². The van der Waals surface area contributed by atoms with Gasteiger partial charge in [0, 0.05) is 25.5 Å². The van der Waals surface area contributed by atoms with Crippen molar-refractivity contribution in [1.82, 2.24) is 20.4 Å². The first kappa shape index (κ1) is 18.4. The number of carbonyl (C=O) groups is 1. The van der Waals surface area contributed by atoms with Crippen molar-refractivity contribution in [2.45, 2.75) is 25.9 Å². The van der Waals surface area contributed by atoms with Gasteiger partial charge in [-0.2, -0.15) is 5.10 Å². The van der Waals surface area contributed by atoms with E-state index in [0.29, 0.717) is 6.54 Å². The highest BCUT2D eigenvalue weighted by atomic mass is 16.1. The van der Waals surface area contributed by atoms with Crippen LogP contribution in [0.1, 0.15) is 24.0 Å². The number of aromatic nitrogens is 2. The predicted octanol–water partition coefficient (Wildman–Crippen LogP) is 3.21. The third kappa shape index (κ3) is 4.49. The van der Waals surface area contributed by atoms with Gasteiger partial charge in [0.05, 0.1) is 12.5 Å². The van der Waals surface area contributed by atoms with Crippen LogP contribution in [0.5, 0.6) is 0 Å². The van der Waals surface area contributed by atoms with Crippen molar-refractivity contribution in [2.24, 2.45) is 5.92 Å². The third-order valence-corrected chi connectivity index (χ3v) is 5.31. The Morgan fingerprint density at radius 3 is 2.75 bits per heavy atom. The Labute approximate surface area is 165 Å². The lowest BCUT2D eigenvalue weighted by atomic mass is 9.97. The minimum atomic E-state index is 0.0856. The van der Waals surface area contributed by atoms with E-state index in [2.05, 4.69) is 52.1 Å². The van der Waals surface area contributed by atoms with E-state index in [1.807, 2.05) is 29.1 Å². The van der Waals surface area contributed by atoms with E-state index in [-0.39, 0.29) is 11.8 Å². The van der Waals surface area contributed by atoms with Crippen LogP contribution in [0.4, 0.5) is 0 Å². The highest BCUT2D eigenvalue weighted by molar-refractivity contribution is 5.79. The summed E-state index contributed by atoms with van der Waals surface area (Å²) in [7, 11) is 0. The van der Waals surface area contributed by atoms with E-state index in [4.69, 9.17) is 0 Å². The van der Waals surface area contributed by atoms with Gasteiger partial charge in [-0.25, -0.2) is 0 Å². The minimum Gasteiger partial charge on any atom is -0.352 e. The van der Waals surface area contributed by atoms with Crippen LogP contribution >= 0.6 is 0 Å². The highest BCUT2D eigenvalue weighted by Crippen LogP contribution is 2.24. The molecule has 2 aromatic carbocycles. The number of rotatable bonds is 6. The zero-order valence-electron chi connectivity index (χ0n) is 16.0. The first-order valence-electron chi connectivity index (χ1n) is 9.93. The Hall–Kier alpha value is -2.92. The van der Waals surface area contributed by atoms with E-state index in [0.717, 1.165) is 49.2 Å². The van der Waals surface area contributed by atoms with Crippen LogP contribution in [0.15, 0.2) is 67.0 Å². The van der Waals surface area contributed by atoms with Gasteiger partial charge in [-0.3, -0.25) is 9.48 Å². The molecule has 4 rings (SSSR count). The van der Waals surface area contributed by atoms with Crippen LogP contribution in [-0.2, 0) is 17.9 Å². The summed E-state index contributed by atoms with van der Waals surface area (Å²) in [5.41, 5.74) is 4.67. The molecular weight excluding hydrogens is 348 g/mol. The SMILES string of the molecule is O=C(NCc1ccccc1-c1ccc(Cn2cccn2)cc1)C1CCCNC1. The van der Waals surface area contributed by atoms with E-state index in [1.54, 1.807) is 6.20 Å². The molecule has 0 bridgehead atoms. The molecule has 1 aliphatic heterocycles. The normalized spacial score (nSPS) is 16.6. The summed E-state index contributed by atoms with van der Waals surface area (Å²) < 4.78 is 1.92. The molecule has 144 valence electrons. The Morgan fingerprint density at radius 1 is 1.14 bits per heavy atom. The lowest BCUT2D eigenvalue weighted by Gasteiger charge is -2.22. The van der Waals surface area contributed by atoms with Crippen LogP contribution < -0.4 is 10.6 Å². The fourth-order valence-corrected chi connectivity index (χ4v) is 3.73. The molecule has 1 atom stereocenters. The molecule has 5 heteroatoms. The van der Waals surface area contributed by atoms with E-state index >= 15 is 0 Å². The number of hydrogen-bond donors (Lipinski definition) is 2. The van der Waals surface area contributed by atoms with Gasteiger partial charge in [-0.15, -0.1) is 0 Å². The minimum absolute atomic E-state index is 0.0856. The van der Waals surface area contributed by atoms with Crippen molar-refractivity contribution in [2.75, 3.05) is 13.1 Å². The molecule has 1 saturated heterocycles. The molecule has 0 saturated carbocycles. The Balaban J connectivity index is 1.44. The molecule has 0 radical (unpaired) electrons. The Morgan fingerprint density at radius 2 is 2.00 bits per heavy atom. The average Bonchev–Trinajstić information content (AvgIpc) is 3.26. The molecule has 1 aliphatic rings. The lowest BCUT2D eigenvalue weighted by Crippen LogP contribution is -2.40. The van der Waals surface area contributed by atoms with Crippen LogP contribution in [0.3, 0.4) is 0 Å². The van der Waals surface area contributed by atoms with Crippen molar-refractivity contribution in [1.29, 1.82) is 0 Å². The second-order valence-corrected chi connectivity index (χ2v) is 7.32. The molecule has 28 heavy (non-hydrogen) atoms. The standard InChI is InChI=1S/C23H26N4O/c28-23(21-6-3-12-24-15-21)25-16-20-5-1-2-7-22(20)19-10-8-18(9-11-19)17-27-14-4-13-26-27/h1-2,4-5,7-11,13-14,21,24H,3,6,12,15-17H2,(H,25,28). The summed E-state index contributed by atoms with van der Waals surface area (Å²) in [5.74, 6) is 0.235. The fraction of sp³-hybridized carbons (Fsp3) is 0.304. The van der Waals surface area contributed by atoms with Crippen molar-refractivity contribution in [3.05, 3.63) is 78.1 Å². The molecule has 1 amide bonds. The summed E-state index contributed by atoms with van der Waals surface area (Å²) in [4.78, 5) is 12.5. The van der Waals surface area contributed by atoms with E-state index < -0.39 is 0 Å². The lowest BCUT2D eigenvalue weighted by molar-refractivity contribution is -0.125. The topological polar surface area (TPSA) is 59.0 Å². The van der Waals surface area contributed by atoms with Gasteiger partial charge in [-0.1, -0.05) is 48.5 Å². The molecule has 1 unspecified atom stereocenters. The third-order valence-electron chi connectivity index (χ3n) is 5.31. The highest BCUT2D eigenvalue weighted by Gasteiger charge is 2.20. The zero-order valence-corrected chi connectivity index (χ0v) is 16.0. The Kier molecular flexibility index (Phi) is 5.83. The number of nitrogens with zero attached hydrogens (tertiary/aromatic N) is 2. The van der Waals surface area contributed by atoms with E-state index in [1.165, 1.54) is 5.56 Å². The van der Waals surface area contributed by atoms with Gasteiger partial charge in [0.25, 0.3) is 0 Å². The van der Waals surface area contributed by atoms with Gasteiger partial charge in [0.15, 0.2) is 0 Å². The van der Waals surface area contributed by atoms with Crippen LogP contribution in [0, 0.1) is 5.92 Å². The molecule has 2 N–H and O–H groups in total. The summed E-state index contributed by atoms with van der Waals surface area (Å²) in [6.07, 6.45) is 5.80. The van der Waals surface area contributed by atoms with Gasteiger partial charge in [0.2, 0.25) is 5.91 Å². The first-order chi connectivity index (χ1) is 13.8. The monoisotopic (exact) mass is 374 g/mol. The van der Waals surface area contributed by atoms with Crippen LogP contribution in [0.25, 0.3) is 11.1 Å². The van der Waals surface area contributed by atoms with Crippen molar-refractivity contribution in [3.8, 4) is 11.1 Å². The average molecular weight is 374 g/mol. The molecule has 0 aliphatic carbocycles. The molecule has 1 fully saturated rings. The molecule has 2 heterocycles. The summed E-state index contributed by atoms with van der Waals surface area (Å²) >= 11 is 0. The fourth-order valence-electron chi connectivity index (χ4n) is 3.73. The molecule has 1 aromatic heterocycles. The van der Waals surface area contributed by atoms with Gasteiger partial charge in [-0.05, 0) is 47.7 Å². The smallest absolute Gasteiger partial charge is 0.224 e. The predicted molar refractivity (Wildman–Crippen MR) is 111 cm³/mol. The second kappa shape index (κ2) is 8.85. The molecule has 5 nitrogen and oxygen atoms in total. The maximum atomic E-state index is 12.5. The number of hydrogen-bond acceptors (Lipinski definition) is 3. The number of benzene rings is 2. The van der Waals surface area contributed by atoms with E-state index in [9.17, 15) is 4.79 Å². The Bertz CT molecular complexity index is 897. The zero-order chi connectivity index (χ0) is 19.2. The number of nitrogens with one attached hydrogen (secondary N) is 2. The molecular formula is C23H26N4O. The molecule has 0 spiro atoms. The quantitative estimate of drug-likeness (QED) is 0.697. The van der Waals surface area contributed by atoms with Crippen LogP contribution in [0.2, 0.25) is 0 Å². The van der Waals surface area contributed by atoms with Gasteiger partial charge < -0.3 is 10.6 Å².